The van der Waals surface area contributed by atoms with Crippen molar-refractivity contribution in [3.8, 4) is 17.2 Å². The predicted molar refractivity (Wildman–Crippen MR) is 185 cm³/mol. The number of likely N-dealkylation sites (tertiary alicyclic amines) is 1. The van der Waals surface area contributed by atoms with Gasteiger partial charge in [0, 0.05) is 61.6 Å². The Morgan fingerprint density at radius 2 is 1.67 bits per heavy atom. The van der Waals surface area contributed by atoms with E-state index in [9.17, 15) is 31.5 Å². The highest BCUT2D eigenvalue weighted by molar-refractivity contribution is 7.93. The molecule has 17 heteroatoms. The lowest BCUT2D eigenvalue weighted by molar-refractivity contribution is -0.275. The number of carbonyl (C=O) groups excluding carboxylic acids is 2. The summed E-state index contributed by atoms with van der Waals surface area (Å²) >= 11 is 6.59. The van der Waals surface area contributed by atoms with Crippen LogP contribution in [0.15, 0.2) is 59.5 Å². The maximum Gasteiger partial charge on any atom is 0.573 e. The lowest BCUT2D eigenvalue weighted by Crippen LogP contribution is -2.59. The third-order valence-electron chi connectivity index (χ3n) is 9.69. The minimum Gasteiger partial charge on any atom is -0.497 e. The number of ether oxygens (including phenoxy) is 3. The quantitative estimate of drug-likeness (QED) is 0.326. The summed E-state index contributed by atoms with van der Waals surface area (Å²) in [5.41, 5.74) is -1.59. The van der Waals surface area contributed by atoms with Crippen molar-refractivity contribution in [2.45, 2.75) is 54.6 Å². The first-order valence-electron chi connectivity index (χ1n) is 16.5. The Labute approximate surface area is 304 Å². The van der Waals surface area contributed by atoms with Gasteiger partial charge in [-0.2, -0.15) is 0 Å². The van der Waals surface area contributed by atoms with Crippen LogP contribution in [0.2, 0.25) is 5.02 Å². The van der Waals surface area contributed by atoms with E-state index in [4.69, 9.17) is 21.1 Å². The van der Waals surface area contributed by atoms with Crippen LogP contribution >= 0.6 is 11.6 Å². The van der Waals surface area contributed by atoms with E-state index in [1.165, 1.54) is 56.3 Å². The molecule has 2 fully saturated rings. The van der Waals surface area contributed by atoms with E-state index < -0.39 is 56.5 Å². The van der Waals surface area contributed by atoms with Crippen LogP contribution in [0, 0.1) is 0 Å². The second kappa shape index (κ2) is 14.0. The van der Waals surface area contributed by atoms with Crippen LogP contribution in [0.3, 0.4) is 0 Å². The molecule has 3 atom stereocenters. The molecular formula is C35H38ClF3N4O8S. The molecular weight excluding hydrogens is 729 g/mol. The largest absolute Gasteiger partial charge is 0.573 e. The number of benzene rings is 3. The normalized spacial score (nSPS) is 22.4. The molecule has 52 heavy (non-hydrogen) atoms. The third kappa shape index (κ3) is 6.39. The minimum absolute atomic E-state index is 0.0140. The van der Waals surface area contributed by atoms with Crippen molar-refractivity contribution in [1.82, 2.24) is 9.80 Å². The molecule has 0 aliphatic carbocycles. The van der Waals surface area contributed by atoms with E-state index in [1.807, 2.05) is 6.07 Å². The number of rotatable bonds is 9. The molecule has 0 spiro atoms. The number of nitrogens with zero attached hydrogens (tertiary/aromatic N) is 4. The first kappa shape index (κ1) is 37.5. The molecule has 3 heterocycles. The molecule has 0 aromatic heterocycles. The van der Waals surface area contributed by atoms with E-state index in [2.05, 4.69) is 9.64 Å². The summed E-state index contributed by atoms with van der Waals surface area (Å²) in [6.07, 6.45) is -3.68. The van der Waals surface area contributed by atoms with E-state index in [1.54, 1.807) is 12.1 Å². The zero-order valence-electron chi connectivity index (χ0n) is 28.8. The number of aliphatic hydroxyl groups is 1. The monoisotopic (exact) mass is 766 g/mol. The molecule has 0 bridgehead atoms. The third-order valence-corrected chi connectivity index (χ3v) is 11.7. The predicted octanol–water partition coefficient (Wildman–Crippen LogP) is 4.75. The number of alkyl halides is 3. The summed E-state index contributed by atoms with van der Waals surface area (Å²) in [6, 6.07) is 10.7. The number of amides is 2. The van der Waals surface area contributed by atoms with Crippen molar-refractivity contribution in [3.05, 3.63) is 70.7 Å². The molecule has 2 amide bonds. The molecule has 3 aromatic carbocycles. The van der Waals surface area contributed by atoms with E-state index in [0.717, 1.165) is 37.5 Å². The fourth-order valence-corrected chi connectivity index (χ4v) is 9.19. The summed E-state index contributed by atoms with van der Waals surface area (Å²) in [7, 11) is 0.338. The van der Waals surface area contributed by atoms with Crippen molar-refractivity contribution in [2.24, 2.45) is 0 Å². The Bertz CT molecular complexity index is 1990. The summed E-state index contributed by atoms with van der Waals surface area (Å²) < 4.78 is 86.1. The van der Waals surface area contributed by atoms with Crippen molar-refractivity contribution in [3.63, 3.8) is 0 Å². The molecule has 3 aromatic rings. The second-order valence-electron chi connectivity index (χ2n) is 13.0. The van der Waals surface area contributed by atoms with Crippen molar-refractivity contribution in [2.75, 3.05) is 57.2 Å². The molecule has 1 unspecified atom stereocenters. The highest BCUT2D eigenvalue weighted by atomic mass is 35.5. The molecule has 3 aliphatic heterocycles. The number of piperidine rings is 1. The summed E-state index contributed by atoms with van der Waals surface area (Å²) in [4.78, 5) is 33.4. The molecule has 280 valence electrons. The zero-order valence-corrected chi connectivity index (χ0v) is 30.4. The van der Waals surface area contributed by atoms with Crippen LogP contribution in [0.5, 0.6) is 17.2 Å². The zero-order chi connectivity index (χ0) is 37.7. The average Bonchev–Trinajstić information content (AvgIpc) is 3.61. The number of hydrogen-bond acceptors (Lipinski definition) is 10. The van der Waals surface area contributed by atoms with Crippen molar-refractivity contribution in [1.29, 1.82) is 0 Å². The van der Waals surface area contributed by atoms with Crippen LogP contribution in [0.25, 0.3) is 0 Å². The summed E-state index contributed by atoms with van der Waals surface area (Å²) in [6.45, 7) is 1.15. The number of sulfonamides is 1. The highest BCUT2D eigenvalue weighted by Crippen LogP contribution is 2.56. The Morgan fingerprint density at radius 3 is 2.31 bits per heavy atom. The average molecular weight is 767 g/mol. The molecule has 3 aliphatic rings. The second-order valence-corrected chi connectivity index (χ2v) is 15.2. The Kier molecular flexibility index (Phi) is 10.1. The Balaban J connectivity index is 1.68. The number of fused-ring (bicyclic) bond motifs is 1. The maximum absolute atomic E-state index is 15.6. The lowest BCUT2D eigenvalue weighted by atomic mass is 9.80. The van der Waals surface area contributed by atoms with Crippen LogP contribution in [0.4, 0.5) is 24.5 Å². The number of anilines is 2. The summed E-state index contributed by atoms with van der Waals surface area (Å²) in [5.74, 6) is -2.74. The van der Waals surface area contributed by atoms with Gasteiger partial charge in [-0.05, 0) is 74.2 Å². The number of carbonyl (C=O) groups is 2. The minimum atomic E-state index is -5.31. The topological polar surface area (TPSA) is 129 Å². The number of methoxy groups -OCH3 is 2. The number of β-amino-alcohol motifs (C(OH)–C–C–N with tert-alkyl or cyclic N) is 1. The van der Waals surface area contributed by atoms with Crippen molar-refractivity contribution < 1.29 is 50.5 Å². The molecule has 1 N–H and O–H groups in total. The number of halogens is 4. The highest BCUT2D eigenvalue weighted by Gasteiger charge is 2.64. The van der Waals surface area contributed by atoms with E-state index in [0.29, 0.717) is 23.1 Å². The Morgan fingerprint density at radius 1 is 0.962 bits per heavy atom. The van der Waals surface area contributed by atoms with Gasteiger partial charge in [0.15, 0.2) is 11.3 Å². The van der Waals surface area contributed by atoms with Gasteiger partial charge in [0.25, 0.3) is 15.9 Å². The van der Waals surface area contributed by atoms with Gasteiger partial charge in [-0.1, -0.05) is 11.6 Å². The van der Waals surface area contributed by atoms with Gasteiger partial charge < -0.3 is 29.1 Å². The standard InChI is InChI=1S/C35H38ClF3N4O8S/c1-40(2)32(45)28-18-23(44)20-42(28)34(26-17-22(9-12-29(26)50-4)41-14-6-5-7-15-41)25-16-21(36)8-11-27(25)43(33(34)46)52(47,48)31-13-10-24(49-3)19-30(31)51-35(37,38)39/h8-13,16-17,19,23,28,44H,5-7,14-15,18,20H2,1-4H3/t23-,28+,34?/m1/s1. The first-order chi connectivity index (χ1) is 24.5. The Hall–Kier alpha value is -4.25. The smallest absolute Gasteiger partial charge is 0.497 e. The van der Waals surface area contributed by atoms with E-state index >= 15 is 4.79 Å². The molecule has 12 nitrogen and oxygen atoms in total. The fourth-order valence-electron chi connectivity index (χ4n) is 7.45. The molecule has 6 rings (SSSR count). The van der Waals surface area contributed by atoms with Crippen LogP contribution in [-0.4, -0.2) is 102 Å². The lowest BCUT2D eigenvalue weighted by Gasteiger charge is -2.42. The molecule has 0 radical (unpaired) electrons. The van der Waals surface area contributed by atoms with E-state index in [-0.39, 0.29) is 46.3 Å². The van der Waals surface area contributed by atoms with Crippen LogP contribution in [-0.2, 0) is 25.2 Å². The van der Waals surface area contributed by atoms with Gasteiger partial charge in [-0.25, -0.2) is 12.7 Å². The van der Waals surface area contributed by atoms with Gasteiger partial charge in [0.05, 0.1) is 32.1 Å². The molecule has 2 saturated heterocycles. The van der Waals surface area contributed by atoms with Gasteiger partial charge in [-0.15, -0.1) is 13.2 Å². The van der Waals surface area contributed by atoms with Crippen LogP contribution in [0.1, 0.15) is 36.8 Å². The number of hydrogen-bond donors (Lipinski definition) is 1. The van der Waals surface area contributed by atoms with Gasteiger partial charge in [0.2, 0.25) is 5.91 Å². The summed E-state index contributed by atoms with van der Waals surface area (Å²) in [5, 5.41) is 11.2. The van der Waals surface area contributed by atoms with Crippen molar-refractivity contribution >= 4 is 44.8 Å². The number of aliphatic hydroxyl groups excluding tert-OH is 1. The number of likely N-dealkylation sites (N-methyl/N-ethyl adjacent to an activating group) is 1. The van der Waals surface area contributed by atoms with Gasteiger partial charge >= 0.3 is 6.36 Å². The van der Waals surface area contributed by atoms with Gasteiger partial charge in [-0.3, -0.25) is 14.5 Å². The first-order valence-corrected chi connectivity index (χ1v) is 18.3. The molecule has 0 saturated carbocycles. The SMILES string of the molecule is COc1ccc(S(=O)(=O)N2C(=O)C(c3cc(N4CCCCC4)ccc3OC)(N3C[C@H](O)C[C@H]3C(=O)N(C)C)c3cc(Cl)ccc32)c(OC(F)(F)F)c1. The fraction of sp³-hybridized carbons (Fsp3) is 0.429. The maximum atomic E-state index is 15.6. The van der Waals surface area contributed by atoms with Crippen LogP contribution < -0.4 is 23.4 Å². The van der Waals surface area contributed by atoms with Gasteiger partial charge in [0.1, 0.15) is 16.4 Å².